The van der Waals surface area contributed by atoms with Crippen LogP contribution in [0.4, 0.5) is 22.1 Å². The van der Waals surface area contributed by atoms with Crippen LogP contribution in [0.1, 0.15) is 16.8 Å². The normalized spacial score (nSPS) is 16.4. The highest BCUT2D eigenvalue weighted by atomic mass is 16.2. The zero-order valence-corrected chi connectivity index (χ0v) is 15.3. The number of urea groups is 1. The van der Waals surface area contributed by atoms with Gasteiger partial charge in [-0.25, -0.2) is 14.8 Å². The summed E-state index contributed by atoms with van der Waals surface area (Å²) in [7, 11) is 4.05. The van der Waals surface area contributed by atoms with E-state index in [1.165, 1.54) is 12.4 Å². The fraction of sp³-hybridized carbons (Fsp3) is 0.333. The Balaban J connectivity index is 1.62. The number of anilines is 3. The number of likely N-dealkylation sites (N-methyl/N-ethyl adjacent to an activating group) is 1. The lowest BCUT2D eigenvalue weighted by atomic mass is 10.2. The summed E-state index contributed by atoms with van der Waals surface area (Å²) < 4.78 is 0. The number of carbonyl (C=O) groups is 2. The molecule has 9 heteroatoms. The van der Waals surface area contributed by atoms with Gasteiger partial charge in [0.15, 0.2) is 0 Å². The molecule has 1 aromatic carbocycles. The molecular formula is C18H23N7O2. The number of carbonyl (C=O) groups excluding carboxylic acids is 2. The molecule has 0 saturated carbocycles. The Morgan fingerprint density at radius 3 is 2.56 bits per heavy atom. The van der Waals surface area contributed by atoms with Gasteiger partial charge in [-0.15, -0.1) is 0 Å². The van der Waals surface area contributed by atoms with E-state index in [9.17, 15) is 9.59 Å². The van der Waals surface area contributed by atoms with E-state index in [2.05, 4.69) is 25.5 Å². The van der Waals surface area contributed by atoms with Crippen LogP contribution < -0.4 is 16.4 Å². The maximum absolute atomic E-state index is 12.5. The fourth-order valence-electron chi connectivity index (χ4n) is 2.87. The second-order valence-corrected chi connectivity index (χ2v) is 6.65. The number of rotatable bonds is 5. The van der Waals surface area contributed by atoms with E-state index in [-0.39, 0.29) is 11.6 Å². The molecule has 1 aliphatic heterocycles. The Kier molecular flexibility index (Phi) is 5.51. The number of nitrogens with one attached hydrogen (secondary N) is 2. The van der Waals surface area contributed by atoms with Gasteiger partial charge in [-0.2, -0.15) is 0 Å². The minimum atomic E-state index is -0.579. The van der Waals surface area contributed by atoms with Crippen LogP contribution >= 0.6 is 0 Å². The van der Waals surface area contributed by atoms with E-state index in [1.54, 1.807) is 6.07 Å². The van der Waals surface area contributed by atoms with Crippen molar-refractivity contribution in [3.05, 3.63) is 42.2 Å². The molecule has 3 rings (SSSR count). The number of nitrogens with zero attached hydrogens (tertiary/aromatic N) is 4. The topological polar surface area (TPSA) is 116 Å². The Morgan fingerprint density at radius 1 is 1.22 bits per heavy atom. The van der Waals surface area contributed by atoms with E-state index < -0.39 is 5.91 Å². The molecule has 27 heavy (non-hydrogen) atoms. The summed E-state index contributed by atoms with van der Waals surface area (Å²) in [6.07, 6.45) is 3.69. The van der Waals surface area contributed by atoms with Crippen LogP contribution in [-0.4, -0.2) is 64.9 Å². The molecule has 4 N–H and O–H groups in total. The summed E-state index contributed by atoms with van der Waals surface area (Å²) in [5.41, 5.74) is 6.80. The number of nitrogens with two attached hydrogens (primary N) is 1. The Bertz CT molecular complexity index is 823. The number of hydrogen-bond donors (Lipinski definition) is 3. The van der Waals surface area contributed by atoms with Crippen LogP contribution in [0.5, 0.6) is 0 Å². The molecule has 142 valence electrons. The minimum Gasteiger partial charge on any atom is -0.366 e. The van der Waals surface area contributed by atoms with Gasteiger partial charge in [0.2, 0.25) is 5.95 Å². The maximum Gasteiger partial charge on any atom is 0.321 e. The highest BCUT2D eigenvalue weighted by molar-refractivity contribution is 5.92. The zero-order valence-electron chi connectivity index (χ0n) is 15.3. The molecule has 2 heterocycles. The van der Waals surface area contributed by atoms with E-state index in [0.29, 0.717) is 23.4 Å². The first kappa shape index (κ1) is 18.6. The van der Waals surface area contributed by atoms with Crippen LogP contribution in [0, 0.1) is 0 Å². The van der Waals surface area contributed by atoms with Crippen molar-refractivity contribution in [1.82, 2.24) is 19.8 Å². The summed E-state index contributed by atoms with van der Waals surface area (Å²) in [5.74, 6) is -0.249. The van der Waals surface area contributed by atoms with Crippen LogP contribution in [0.2, 0.25) is 0 Å². The Morgan fingerprint density at radius 2 is 1.93 bits per heavy atom. The van der Waals surface area contributed by atoms with Crippen LogP contribution in [0.3, 0.4) is 0 Å². The molecule has 1 atom stereocenters. The predicted octanol–water partition coefficient (Wildman–Crippen LogP) is 1.49. The second-order valence-electron chi connectivity index (χ2n) is 6.65. The van der Waals surface area contributed by atoms with Crippen molar-refractivity contribution in [2.75, 3.05) is 37.8 Å². The Hall–Kier alpha value is -3.20. The monoisotopic (exact) mass is 369 g/mol. The van der Waals surface area contributed by atoms with Gasteiger partial charge in [0.1, 0.15) is 0 Å². The highest BCUT2D eigenvalue weighted by Gasteiger charge is 2.27. The first-order chi connectivity index (χ1) is 12.9. The highest BCUT2D eigenvalue weighted by Crippen LogP contribution is 2.20. The lowest BCUT2D eigenvalue weighted by Crippen LogP contribution is -2.36. The average molecular weight is 369 g/mol. The molecule has 0 aliphatic carbocycles. The standard InChI is InChI=1S/C18H23N7O2/c1-24(2)15-6-7-25(11-15)18(27)23-14-5-3-4-13(8-14)22-17-20-9-12(10-21-17)16(19)26/h3-5,8-10,15H,6-7,11H2,1-2H3,(H2,19,26)(H,23,27)(H,20,21,22). The second kappa shape index (κ2) is 8.00. The van der Waals surface area contributed by atoms with E-state index >= 15 is 0 Å². The molecule has 3 amide bonds. The van der Waals surface area contributed by atoms with Crippen molar-refractivity contribution in [1.29, 1.82) is 0 Å². The zero-order chi connectivity index (χ0) is 19.4. The number of likely N-dealkylation sites (tertiary alicyclic amines) is 1. The quantitative estimate of drug-likeness (QED) is 0.735. The number of hydrogen-bond acceptors (Lipinski definition) is 6. The van der Waals surface area contributed by atoms with Gasteiger partial charge in [-0.3, -0.25) is 4.79 Å². The summed E-state index contributed by atoms with van der Waals surface area (Å²) in [5, 5.41) is 5.95. The minimum absolute atomic E-state index is 0.112. The van der Waals surface area contributed by atoms with Gasteiger partial charge in [0, 0.05) is 42.9 Å². The summed E-state index contributed by atoms with van der Waals surface area (Å²) in [6.45, 7) is 1.46. The Labute approximate surface area is 157 Å². The molecule has 2 aromatic rings. The molecule has 0 spiro atoms. The van der Waals surface area contributed by atoms with Crippen molar-refractivity contribution in [3.63, 3.8) is 0 Å². The molecule has 1 saturated heterocycles. The maximum atomic E-state index is 12.5. The molecule has 1 fully saturated rings. The van der Waals surface area contributed by atoms with Crippen molar-refractivity contribution < 1.29 is 9.59 Å². The summed E-state index contributed by atoms with van der Waals surface area (Å²) in [6, 6.07) is 7.55. The van der Waals surface area contributed by atoms with E-state index in [1.807, 2.05) is 37.2 Å². The molecule has 0 bridgehead atoms. The first-order valence-electron chi connectivity index (χ1n) is 8.63. The molecule has 1 unspecified atom stereocenters. The van der Waals surface area contributed by atoms with Gasteiger partial charge < -0.3 is 26.2 Å². The van der Waals surface area contributed by atoms with Gasteiger partial charge in [-0.05, 0) is 38.7 Å². The van der Waals surface area contributed by atoms with Crippen LogP contribution in [-0.2, 0) is 0 Å². The number of benzene rings is 1. The van der Waals surface area contributed by atoms with E-state index in [0.717, 1.165) is 19.5 Å². The molecule has 9 nitrogen and oxygen atoms in total. The number of aromatic nitrogens is 2. The lowest BCUT2D eigenvalue weighted by Gasteiger charge is -2.20. The van der Waals surface area contributed by atoms with Crippen molar-refractivity contribution in [2.45, 2.75) is 12.5 Å². The summed E-state index contributed by atoms with van der Waals surface area (Å²) >= 11 is 0. The van der Waals surface area contributed by atoms with Crippen molar-refractivity contribution in [3.8, 4) is 0 Å². The van der Waals surface area contributed by atoms with Crippen molar-refractivity contribution in [2.24, 2.45) is 5.73 Å². The number of primary amides is 1. The fourth-order valence-corrected chi connectivity index (χ4v) is 2.87. The number of amides is 3. The van der Waals surface area contributed by atoms with Gasteiger partial charge in [0.05, 0.1) is 5.56 Å². The molecule has 1 aliphatic rings. The molecule has 1 aromatic heterocycles. The van der Waals surface area contributed by atoms with E-state index in [4.69, 9.17) is 5.73 Å². The third-order valence-electron chi connectivity index (χ3n) is 4.49. The molecular weight excluding hydrogens is 346 g/mol. The smallest absolute Gasteiger partial charge is 0.321 e. The lowest BCUT2D eigenvalue weighted by molar-refractivity contribution is 0.0999. The summed E-state index contributed by atoms with van der Waals surface area (Å²) in [4.78, 5) is 35.6. The van der Waals surface area contributed by atoms with Gasteiger partial charge >= 0.3 is 6.03 Å². The van der Waals surface area contributed by atoms with Crippen molar-refractivity contribution >= 4 is 29.3 Å². The van der Waals surface area contributed by atoms with Gasteiger partial charge in [0.25, 0.3) is 5.91 Å². The SMILES string of the molecule is CN(C)C1CCN(C(=O)Nc2cccc(Nc3ncc(C(N)=O)cn3)c2)C1. The average Bonchev–Trinajstić information content (AvgIpc) is 3.13. The largest absolute Gasteiger partial charge is 0.366 e. The molecule has 0 radical (unpaired) electrons. The van der Waals surface area contributed by atoms with Crippen LogP contribution in [0.15, 0.2) is 36.7 Å². The third kappa shape index (κ3) is 4.70. The predicted molar refractivity (Wildman–Crippen MR) is 103 cm³/mol. The first-order valence-corrected chi connectivity index (χ1v) is 8.63. The third-order valence-corrected chi connectivity index (χ3v) is 4.49. The van der Waals surface area contributed by atoms with Gasteiger partial charge in [-0.1, -0.05) is 6.07 Å². The van der Waals surface area contributed by atoms with Crippen LogP contribution in [0.25, 0.3) is 0 Å².